The summed E-state index contributed by atoms with van der Waals surface area (Å²) in [4.78, 5) is 0. The second-order valence-corrected chi connectivity index (χ2v) is 5.98. The fourth-order valence-corrected chi connectivity index (χ4v) is 3.21. The summed E-state index contributed by atoms with van der Waals surface area (Å²) < 4.78 is 5.14. The lowest BCUT2D eigenvalue weighted by Gasteiger charge is -1.99. The van der Waals surface area contributed by atoms with E-state index in [4.69, 9.17) is 0 Å². The maximum atomic E-state index is 3.18. The molecule has 0 spiro atoms. The second kappa shape index (κ2) is 4.40. The largest absolute Gasteiger partial charge is 0.0431 e. The highest BCUT2D eigenvalue weighted by molar-refractivity contribution is 14.1. The number of benzene rings is 1. The summed E-state index contributed by atoms with van der Waals surface area (Å²) in [6, 6.07) is 5.20. The van der Waals surface area contributed by atoms with Crippen molar-refractivity contribution in [1.29, 1.82) is 0 Å². The van der Waals surface area contributed by atoms with E-state index in [0.717, 1.165) is 0 Å². The van der Waals surface area contributed by atoms with Crippen LogP contribution in [0.3, 0.4) is 0 Å². The van der Waals surface area contributed by atoms with Gasteiger partial charge in [0.1, 0.15) is 0 Å². The van der Waals surface area contributed by atoms with Crippen LogP contribution < -0.4 is 0 Å². The lowest BCUT2D eigenvalue weighted by molar-refractivity contribution is 1.47. The van der Waals surface area contributed by atoms with Crippen molar-refractivity contribution >= 4 is 90.4 Å². The predicted molar refractivity (Wildman–Crippen MR) is 76.1 cm³/mol. The minimum Gasteiger partial charge on any atom is -0.0431 e. The zero-order valence-corrected chi connectivity index (χ0v) is 13.2. The second-order valence-electron chi connectivity index (χ2n) is 1.58. The molecular weight excluding hydrogens is 580 g/mol. The normalized spacial score (nSPS) is 10.0. The van der Waals surface area contributed by atoms with E-state index in [-0.39, 0.29) is 0 Å². The standard InChI is InChI=1S/C6HI4/c7-3-1-2-4(8)6(10)5(3)9/h1H. The van der Waals surface area contributed by atoms with Crippen LogP contribution in [0.1, 0.15) is 0 Å². The summed E-state index contributed by atoms with van der Waals surface area (Å²) in [5.41, 5.74) is 0. The lowest BCUT2D eigenvalue weighted by atomic mass is 10.4. The first kappa shape index (κ1) is 10.2. The molecule has 1 radical (unpaired) electrons. The van der Waals surface area contributed by atoms with Gasteiger partial charge in [-0.05, 0) is 102 Å². The molecule has 1 aromatic carbocycles. The Kier molecular flexibility index (Phi) is 4.49. The average molecular weight is 581 g/mol. The summed E-state index contributed by atoms with van der Waals surface area (Å²) in [5, 5.41) is 0. The number of rotatable bonds is 0. The highest BCUT2D eigenvalue weighted by Gasteiger charge is 2.03. The van der Waals surface area contributed by atoms with E-state index in [1.165, 1.54) is 14.3 Å². The van der Waals surface area contributed by atoms with Gasteiger partial charge in [-0.3, -0.25) is 0 Å². The lowest BCUT2D eigenvalue weighted by Crippen LogP contribution is -1.88. The molecule has 1 rings (SSSR count). The van der Waals surface area contributed by atoms with Crippen LogP contribution in [0, 0.1) is 20.3 Å². The molecule has 0 fully saturated rings. The van der Waals surface area contributed by atoms with E-state index in [1.54, 1.807) is 0 Å². The summed E-state index contributed by atoms with van der Waals surface area (Å²) in [6.45, 7) is 0. The molecule has 0 bridgehead atoms. The molecule has 0 aliphatic rings. The van der Waals surface area contributed by atoms with Gasteiger partial charge in [-0.15, -0.1) is 0 Å². The topological polar surface area (TPSA) is 0 Å². The quantitative estimate of drug-likeness (QED) is 0.248. The van der Waals surface area contributed by atoms with Crippen LogP contribution in [0.15, 0.2) is 6.07 Å². The van der Waals surface area contributed by atoms with E-state index in [9.17, 15) is 0 Å². The van der Waals surface area contributed by atoms with Crippen molar-refractivity contribution in [3.8, 4) is 0 Å². The van der Waals surface area contributed by atoms with E-state index < -0.39 is 0 Å². The van der Waals surface area contributed by atoms with Crippen LogP contribution in [0.2, 0.25) is 0 Å². The maximum Gasteiger partial charge on any atom is 0.0414 e. The van der Waals surface area contributed by atoms with Crippen molar-refractivity contribution < 1.29 is 0 Å². The monoisotopic (exact) mass is 581 g/mol. The summed E-state index contributed by atoms with van der Waals surface area (Å²) >= 11 is 9.31. The Hall–Kier alpha value is 2.14. The molecular formula is C6HI4. The Bertz CT molecular complexity index is 229. The maximum absolute atomic E-state index is 3.18. The Morgan fingerprint density at radius 2 is 1.60 bits per heavy atom. The van der Waals surface area contributed by atoms with Gasteiger partial charge in [-0.2, -0.15) is 0 Å². The third-order valence-corrected chi connectivity index (χ3v) is 7.92. The Morgan fingerprint density at radius 1 is 1.00 bits per heavy atom. The third-order valence-electron chi connectivity index (χ3n) is 0.921. The van der Waals surface area contributed by atoms with Gasteiger partial charge in [-0.1, -0.05) is 0 Å². The highest BCUT2D eigenvalue weighted by atomic mass is 127. The average Bonchev–Trinajstić information content (AvgIpc) is 1.93. The molecule has 0 aromatic heterocycles. The number of hydrogen-bond donors (Lipinski definition) is 0. The molecule has 0 aliphatic carbocycles. The molecule has 53 valence electrons. The summed E-state index contributed by atoms with van der Waals surface area (Å²) in [7, 11) is 0. The summed E-state index contributed by atoms with van der Waals surface area (Å²) in [5.74, 6) is 0. The van der Waals surface area contributed by atoms with Crippen molar-refractivity contribution in [1.82, 2.24) is 0 Å². The van der Waals surface area contributed by atoms with Crippen LogP contribution in [0.5, 0.6) is 0 Å². The van der Waals surface area contributed by atoms with Crippen LogP contribution in [-0.2, 0) is 0 Å². The first-order chi connectivity index (χ1) is 4.63. The molecule has 0 amide bonds. The molecule has 10 heavy (non-hydrogen) atoms. The van der Waals surface area contributed by atoms with Gasteiger partial charge < -0.3 is 0 Å². The van der Waals surface area contributed by atoms with Gasteiger partial charge in [0.05, 0.1) is 0 Å². The zero-order chi connectivity index (χ0) is 7.72. The van der Waals surface area contributed by atoms with Gasteiger partial charge in [0.2, 0.25) is 0 Å². The number of halogens is 4. The fraction of sp³-hybridized carbons (Fsp3) is 0. The van der Waals surface area contributed by atoms with Crippen LogP contribution in [-0.4, -0.2) is 0 Å². The first-order valence-electron chi connectivity index (χ1n) is 2.33. The molecule has 0 unspecified atom stereocenters. The fourth-order valence-electron chi connectivity index (χ4n) is 0.455. The van der Waals surface area contributed by atoms with Crippen molar-refractivity contribution in [3.05, 3.63) is 26.4 Å². The van der Waals surface area contributed by atoms with Gasteiger partial charge in [0.15, 0.2) is 0 Å². The van der Waals surface area contributed by atoms with Crippen molar-refractivity contribution in [2.45, 2.75) is 0 Å². The van der Waals surface area contributed by atoms with Crippen LogP contribution in [0.4, 0.5) is 0 Å². The van der Waals surface area contributed by atoms with Gasteiger partial charge in [0.25, 0.3) is 0 Å². The molecule has 1 aromatic rings. The summed E-state index contributed by atoms with van der Waals surface area (Å²) in [6.07, 6.45) is 0. The Labute approximate surface area is 114 Å². The highest BCUT2D eigenvalue weighted by Crippen LogP contribution is 2.24. The molecule has 0 saturated carbocycles. The third kappa shape index (κ3) is 2.31. The van der Waals surface area contributed by atoms with E-state index >= 15 is 0 Å². The molecule has 0 saturated heterocycles. The molecule has 0 aliphatic heterocycles. The minimum absolute atomic E-state index is 1.21. The first-order valence-corrected chi connectivity index (χ1v) is 6.65. The Balaban J connectivity index is 3.34. The van der Waals surface area contributed by atoms with Crippen LogP contribution in [0.25, 0.3) is 0 Å². The van der Waals surface area contributed by atoms with E-state index in [2.05, 4.69) is 96.4 Å². The Morgan fingerprint density at radius 3 is 2.10 bits per heavy atom. The zero-order valence-electron chi connectivity index (χ0n) is 4.59. The molecule has 0 atom stereocenters. The van der Waals surface area contributed by atoms with Crippen LogP contribution >= 0.6 is 90.4 Å². The minimum atomic E-state index is 1.21. The molecule has 0 heterocycles. The van der Waals surface area contributed by atoms with Crippen molar-refractivity contribution in [3.63, 3.8) is 0 Å². The molecule has 0 nitrogen and oxygen atoms in total. The SMILES string of the molecule is Ic1[c]cc(I)c(I)c1I. The predicted octanol–water partition coefficient (Wildman–Crippen LogP) is 3.91. The van der Waals surface area contributed by atoms with Crippen molar-refractivity contribution in [2.75, 3.05) is 0 Å². The van der Waals surface area contributed by atoms with E-state index in [1.807, 2.05) is 6.07 Å². The van der Waals surface area contributed by atoms with Gasteiger partial charge >= 0.3 is 0 Å². The smallest absolute Gasteiger partial charge is 0.0414 e. The van der Waals surface area contributed by atoms with E-state index in [0.29, 0.717) is 0 Å². The number of hydrogen-bond acceptors (Lipinski definition) is 0. The molecule has 4 heteroatoms. The van der Waals surface area contributed by atoms with Gasteiger partial charge in [0, 0.05) is 14.3 Å². The molecule has 0 N–H and O–H groups in total. The van der Waals surface area contributed by atoms with Gasteiger partial charge in [-0.25, -0.2) is 0 Å². The van der Waals surface area contributed by atoms with Crippen molar-refractivity contribution in [2.24, 2.45) is 0 Å².